The van der Waals surface area contributed by atoms with E-state index in [1.54, 1.807) is 24.0 Å². The molecule has 4 aliphatic rings. The van der Waals surface area contributed by atoms with E-state index in [0.29, 0.717) is 45.6 Å². The van der Waals surface area contributed by atoms with Crippen LogP contribution in [0.4, 0.5) is 4.79 Å². The van der Waals surface area contributed by atoms with E-state index in [9.17, 15) is 14.7 Å². The lowest BCUT2D eigenvalue weighted by Crippen LogP contribution is -2.48. The standard InChI is InChI=1S/C28H40N4O5.C2H6/c1-6-30-12-13-31(27(34)21(15-29)18(3)33)11-7-8-20-14-17(2)23-19(16-32(20)28(30)35)9-10-22(36-4)24-25(23)26(24)37-5;1-2/h10,14-15,17,24-26,29,33H,6-9,11-13,16H2,1-5H3;1-2H3/b21-18+,29-15?;/t17-,24?,25?,26?;/m0./s1. The molecular formula is C30H46N4O5. The summed E-state index contributed by atoms with van der Waals surface area (Å²) in [7, 11) is 3.47. The van der Waals surface area contributed by atoms with E-state index in [1.807, 2.05) is 25.7 Å². The summed E-state index contributed by atoms with van der Waals surface area (Å²) < 4.78 is 11.5. The van der Waals surface area contributed by atoms with Crippen LogP contribution in [-0.4, -0.2) is 91.0 Å². The van der Waals surface area contributed by atoms with Crippen molar-refractivity contribution in [1.29, 1.82) is 5.41 Å². The summed E-state index contributed by atoms with van der Waals surface area (Å²) in [4.78, 5) is 32.3. The van der Waals surface area contributed by atoms with Gasteiger partial charge in [-0.1, -0.05) is 32.4 Å². The second-order valence-corrected chi connectivity index (χ2v) is 10.3. The van der Waals surface area contributed by atoms with E-state index in [0.717, 1.165) is 24.1 Å². The highest BCUT2D eigenvalue weighted by atomic mass is 16.5. The Kier molecular flexibility index (Phi) is 10.4. The van der Waals surface area contributed by atoms with Gasteiger partial charge in [0.2, 0.25) is 0 Å². The van der Waals surface area contributed by atoms with Crippen molar-refractivity contribution in [2.75, 3.05) is 46.9 Å². The van der Waals surface area contributed by atoms with Gasteiger partial charge in [-0.3, -0.25) is 9.69 Å². The molecule has 2 aliphatic carbocycles. The second-order valence-electron chi connectivity index (χ2n) is 10.3. The third-order valence-corrected chi connectivity index (χ3v) is 8.17. The number of nitrogens with zero attached hydrogens (tertiary/aromatic N) is 3. The largest absolute Gasteiger partial charge is 0.512 e. The molecule has 0 aromatic heterocycles. The lowest BCUT2D eigenvalue weighted by molar-refractivity contribution is -0.127. The summed E-state index contributed by atoms with van der Waals surface area (Å²) in [5, 5.41) is 17.4. The minimum absolute atomic E-state index is 0.0153. The number of aliphatic hydroxyl groups excluding tert-OH is 1. The number of likely N-dealkylation sites (N-methyl/N-ethyl adjacent to an activating group) is 1. The molecule has 2 aliphatic heterocycles. The topological polar surface area (TPSA) is 106 Å². The molecule has 9 heteroatoms. The van der Waals surface area contributed by atoms with Crippen LogP contribution >= 0.6 is 0 Å². The average molecular weight is 543 g/mol. The summed E-state index contributed by atoms with van der Waals surface area (Å²) in [5.74, 6) is 1.07. The molecule has 39 heavy (non-hydrogen) atoms. The van der Waals surface area contributed by atoms with Crippen LogP contribution in [0, 0.1) is 23.2 Å². The lowest BCUT2D eigenvalue weighted by atomic mass is 9.90. The smallest absolute Gasteiger partial charge is 0.324 e. The first-order valence-corrected chi connectivity index (χ1v) is 14.2. The number of carbonyl (C=O) groups is 2. The van der Waals surface area contributed by atoms with E-state index in [1.165, 1.54) is 18.1 Å². The zero-order valence-electron chi connectivity index (χ0n) is 24.6. The summed E-state index contributed by atoms with van der Waals surface area (Å²) in [6.07, 6.45) is 7.46. The Balaban J connectivity index is 0.00000205. The maximum atomic E-state index is 13.9. The average Bonchev–Trinajstić information content (AvgIpc) is 3.67. The predicted octanol–water partition coefficient (Wildman–Crippen LogP) is 4.89. The van der Waals surface area contributed by atoms with Gasteiger partial charge in [0, 0.05) is 57.7 Å². The van der Waals surface area contributed by atoms with Gasteiger partial charge in [-0.15, -0.1) is 0 Å². The van der Waals surface area contributed by atoms with E-state index >= 15 is 0 Å². The van der Waals surface area contributed by atoms with Crippen molar-refractivity contribution in [3.63, 3.8) is 0 Å². The number of hydrogen-bond donors (Lipinski definition) is 2. The van der Waals surface area contributed by atoms with E-state index < -0.39 is 0 Å². The minimum Gasteiger partial charge on any atom is -0.512 e. The van der Waals surface area contributed by atoms with Crippen LogP contribution in [0.15, 0.2) is 46.1 Å². The summed E-state index contributed by atoms with van der Waals surface area (Å²) in [6.45, 7) is 11.8. The molecule has 3 unspecified atom stereocenters. The molecule has 216 valence electrons. The summed E-state index contributed by atoms with van der Waals surface area (Å²) in [6, 6.07) is -0.0546. The molecule has 4 atom stereocenters. The molecule has 2 fully saturated rings. The van der Waals surface area contributed by atoms with Crippen molar-refractivity contribution >= 4 is 18.2 Å². The van der Waals surface area contributed by atoms with E-state index in [4.69, 9.17) is 14.9 Å². The number of urea groups is 1. The Morgan fingerprint density at radius 3 is 2.51 bits per heavy atom. The molecule has 2 N–H and O–H groups in total. The molecule has 2 heterocycles. The fourth-order valence-electron chi connectivity index (χ4n) is 6.23. The molecule has 0 aromatic rings. The Hall–Kier alpha value is -3.07. The Morgan fingerprint density at radius 2 is 1.92 bits per heavy atom. The third kappa shape index (κ3) is 6.08. The fourth-order valence-corrected chi connectivity index (χ4v) is 6.23. The monoisotopic (exact) mass is 542 g/mol. The number of aliphatic hydroxyl groups is 1. The Morgan fingerprint density at radius 1 is 1.21 bits per heavy atom. The molecule has 4 rings (SSSR count). The van der Waals surface area contributed by atoms with Crippen LogP contribution in [0.25, 0.3) is 0 Å². The first-order chi connectivity index (χ1) is 18.8. The fraction of sp³-hybridized carbons (Fsp3) is 0.633. The lowest BCUT2D eigenvalue weighted by Gasteiger charge is -2.35. The number of ether oxygens (including phenoxy) is 2. The molecule has 0 radical (unpaired) electrons. The first-order valence-electron chi connectivity index (χ1n) is 14.2. The maximum absolute atomic E-state index is 13.9. The number of amides is 3. The number of rotatable bonds is 5. The van der Waals surface area contributed by atoms with Crippen molar-refractivity contribution in [3.8, 4) is 0 Å². The number of carbonyl (C=O) groups excluding carboxylic acids is 2. The summed E-state index contributed by atoms with van der Waals surface area (Å²) in [5.41, 5.74) is 3.60. The van der Waals surface area contributed by atoms with Gasteiger partial charge in [-0.05, 0) is 50.7 Å². The van der Waals surface area contributed by atoms with Crippen molar-refractivity contribution in [2.24, 2.45) is 17.8 Å². The Labute approximate surface area is 233 Å². The van der Waals surface area contributed by atoms with Crippen molar-refractivity contribution < 1.29 is 24.2 Å². The molecule has 9 nitrogen and oxygen atoms in total. The van der Waals surface area contributed by atoms with Gasteiger partial charge in [0.15, 0.2) is 0 Å². The van der Waals surface area contributed by atoms with Crippen molar-refractivity contribution in [3.05, 3.63) is 46.1 Å². The Bertz CT molecular complexity index is 1070. The maximum Gasteiger partial charge on any atom is 0.324 e. The zero-order valence-corrected chi connectivity index (χ0v) is 24.6. The van der Waals surface area contributed by atoms with E-state index in [2.05, 4.69) is 19.1 Å². The van der Waals surface area contributed by atoms with Crippen LogP contribution in [0.3, 0.4) is 0 Å². The van der Waals surface area contributed by atoms with Crippen molar-refractivity contribution in [1.82, 2.24) is 14.7 Å². The van der Waals surface area contributed by atoms with E-state index in [-0.39, 0.29) is 47.1 Å². The van der Waals surface area contributed by atoms with Crippen molar-refractivity contribution in [2.45, 2.75) is 60.0 Å². The predicted molar refractivity (Wildman–Crippen MR) is 152 cm³/mol. The van der Waals surface area contributed by atoms with Crippen LogP contribution in [0.1, 0.15) is 53.9 Å². The molecule has 1 saturated carbocycles. The normalized spacial score (nSPS) is 27.7. The van der Waals surface area contributed by atoms with Gasteiger partial charge in [0.05, 0.1) is 30.5 Å². The zero-order chi connectivity index (χ0) is 28.9. The minimum atomic E-state index is -0.376. The number of fused-ring (bicyclic) bond motifs is 3. The molecule has 1 saturated heterocycles. The first kappa shape index (κ1) is 30.5. The SMILES string of the molecule is CC.CCN1CCN(C(=O)/C(C=N)=C(\C)O)CCCC2=C[C@H](C)C3=C(CC=C(OC)C4C(OC)C34)CN2C1=O. The quantitative estimate of drug-likeness (QED) is 0.223. The van der Waals surface area contributed by atoms with Crippen LogP contribution in [0.2, 0.25) is 0 Å². The number of hydrogen-bond acceptors (Lipinski definition) is 6. The van der Waals surface area contributed by atoms with Gasteiger partial charge in [-0.25, -0.2) is 4.79 Å². The van der Waals surface area contributed by atoms with Crippen LogP contribution in [0.5, 0.6) is 0 Å². The second kappa shape index (κ2) is 13.3. The number of allylic oxidation sites excluding steroid dienone is 4. The molecule has 0 aromatic carbocycles. The van der Waals surface area contributed by atoms with Gasteiger partial charge in [0.1, 0.15) is 5.76 Å². The number of methoxy groups -OCH3 is 2. The molecular weight excluding hydrogens is 496 g/mol. The highest BCUT2D eigenvalue weighted by Crippen LogP contribution is 2.56. The molecule has 0 spiro atoms. The van der Waals surface area contributed by atoms with Crippen LogP contribution in [-0.2, 0) is 14.3 Å². The van der Waals surface area contributed by atoms with Gasteiger partial charge in [0.25, 0.3) is 5.91 Å². The highest BCUT2D eigenvalue weighted by molar-refractivity contribution is 6.11. The van der Waals surface area contributed by atoms with Gasteiger partial charge in [-0.2, -0.15) is 0 Å². The highest BCUT2D eigenvalue weighted by Gasteiger charge is 2.58. The number of nitrogens with one attached hydrogen (secondary N) is 1. The molecule has 3 amide bonds. The third-order valence-electron chi connectivity index (χ3n) is 8.17. The van der Waals surface area contributed by atoms with Gasteiger partial charge < -0.3 is 29.8 Å². The molecule has 0 bridgehead atoms. The van der Waals surface area contributed by atoms with Crippen LogP contribution < -0.4 is 0 Å². The van der Waals surface area contributed by atoms with Gasteiger partial charge >= 0.3 is 6.03 Å². The summed E-state index contributed by atoms with van der Waals surface area (Å²) >= 11 is 0.